The van der Waals surface area contributed by atoms with E-state index in [2.05, 4.69) is 6.92 Å². The highest BCUT2D eigenvalue weighted by Gasteiger charge is 2.16. The van der Waals surface area contributed by atoms with Crippen molar-refractivity contribution in [1.82, 2.24) is 0 Å². The molecule has 0 saturated heterocycles. The highest BCUT2D eigenvalue weighted by molar-refractivity contribution is 5.89. The van der Waals surface area contributed by atoms with Gasteiger partial charge in [-0.3, -0.25) is 0 Å². The van der Waals surface area contributed by atoms with Gasteiger partial charge in [0.2, 0.25) is 0 Å². The molecule has 30 heavy (non-hydrogen) atoms. The van der Waals surface area contributed by atoms with Crippen LogP contribution < -0.4 is 0 Å². The molecule has 1 nitrogen and oxygen atoms in total. The molecule has 0 fully saturated rings. The summed E-state index contributed by atoms with van der Waals surface area (Å²) >= 11 is 0. The quantitative estimate of drug-likeness (QED) is 0.349. The normalized spacial score (nSPS) is 10.9. The molecule has 0 aliphatic carbocycles. The van der Waals surface area contributed by atoms with E-state index in [-0.39, 0.29) is 16.5 Å². The number of benzene rings is 4. The second-order valence-electron chi connectivity index (χ2n) is 7.24. The van der Waals surface area contributed by atoms with Crippen LogP contribution in [0.3, 0.4) is 0 Å². The molecule has 0 N–H and O–H groups in total. The first kappa shape index (κ1) is 19.7. The third kappa shape index (κ3) is 3.55. The fourth-order valence-corrected chi connectivity index (χ4v) is 3.70. The zero-order valence-electron chi connectivity index (χ0n) is 16.3. The third-order valence-corrected chi connectivity index (χ3v) is 5.23. The Kier molecular flexibility index (Phi) is 5.29. The molecular formula is C26H18F3N. The zero-order valence-corrected chi connectivity index (χ0v) is 16.3. The Morgan fingerprint density at radius 2 is 1.43 bits per heavy atom. The van der Waals surface area contributed by atoms with Gasteiger partial charge in [-0.05, 0) is 58.3 Å². The minimum atomic E-state index is -0.684. The van der Waals surface area contributed by atoms with Crippen molar-refractivity contribution in [3.8, 4) is 28.3 Å². The Balaban J connectivity index is 1.76. The van der Waals surface area contributed by atoms with Gasteiger partial charge in [0.1, 0.15) is 23.5 Å². The van der Waals surface area contributed by atoms with Gasteiger partial charge in [0, 0.05) is 5.39 Å². The van der Waals surface area contributed by atoms with E-state index in [1.807, 2.05) is 24.3 Å². The van der Waals surface area contributed by atoms with Crippen LogP contribution in [0.2, 0.25) is 0 Å². The summed E-state index contributed by atoms with van der Waals surface area (Å²) in [4.78, 5) is 0. The summed E-state index contributed by atoms with van der Waals surface area (Å²) in [5, 5.41) is 9.66. The molecule has 4 aromatic rings. The van der Waals surface area contributed by atoms with E-state index >= 15 is 0 Å². The van der Waals surface area contributed by atoms with Crippen molar-refractivity contribution in [2.24, 2.45) is 0 Å². The fourth-order valence-electron chi connectivity index (χ4n) is 3.70. The summed E-state index contributed by atoms with van der Waals surface area (Å²) in [6.45, 7) is 2.10. The van der Waals surface area contributed by atoms with E-state index in [0.29, 0.717) is 16.5 Å². The van der Waals surface area contributed by atoms with Crippen LogP contribution in [0.25, 0.3) is 33.0 Å². The molecule has 0 aromatic heterocycles. The Labute approximate surface area is 173 Å². The van der Waals surface area contributed by atoms with E-state index in [9.17, 15) is 13.2 Å². The van der Waals surface area contributed by atoms with Crippen LogP contribution in [0.15, 0.2) is 66.7 Å². The van der Waals surface area contributed by atoms with Gasteiger partial charge in [-0.1, -0.05) is 55.8 Å². The number of fused-ring (bicyclic) bond motifs is 1. The van der Waals surface area contributed by atoms with E-state index in [0.717, 1.165) is 18.4 Å². The topological polar surface area (TPSA) is 23.8 Å². The predicted octanol–water partition coefficient (Wildman–Crippen LogP) is 7.42. The van der Waals surface area contributed by atoms with Crippen LogP contribution in [0.1, 0.15) is 24.5 Å². The highest BCUT2D eigenvalue weighted by Crippen LogP contribution is 2.33. The molecular weight excluding hydrogens is 383 g/mol. The lowest BCUT2D eigenvalue weighted by atomic mass is 9.96. The molecule has 4 aromatic carbocycles. The lowest BCUT2D eigenvalue weighted by molar-refractivity contribution is 0.590. The van der Waals surface area contributed by atoms with Gasteiger partial charge in [-0.15, -0.1) is 0 Å². The van der Waals surface area contributed by atoms with E-state index in [4.69, 9.17) is 5.26 Å². The first-order valence-electron chi connectivity index (χ1n) is 9.73. The minimum Gasteiger partial charge on any atom is -0.206 e. The first-order valence-corrected chi connectivity index (χ1v) is 9.73. The molecule has 0 bridgehead atoms. The number of rotatable bonds is 4. The zero-order chi connectivity index (χ0) is 21.3. The third-order valence-electron chi connectivity index (χ3n) is 5.23. The molecule has 0 saturated carbocycles. The fraction of sp³-hybridized carbons (Fsp3) is 0.115. The average Bonchev–Trinajstić information content (AvgIpc) is 2.74. The number of hydrogen-bond acceptors (Lipinski definition) is 1. The molecule has 0 unspecified atom stereocenters. The summed E-state index contributed by atoms with van der Waals surface area (Å²) in [5.41, 5.74) is 2.47. The molecule has 0 aliphatic heterocycles. The van der Waals surface area contributed by atoms with E-state index in [1.165, 1.54) is 42.0 Å². The van der Waals surface area contributed by atoms with Gasteiger partial charge in [-0.2, -0.15) is 5.26 Å². The lowest BCUT2D eigenvalue weighted by Crippen LogP contribution is -1.94. The SMILES string of the molecule is CCCc1ccc(-c2cc(F)c(-c3ccc4c(F)c(C#N)ccc4c3)c(F)c2)cc1. The molecule has 0 atom stereocenters. The smallest absolute Gasteiger partial charge is 0.148 e. The summed E-state index contributed by atoms with van der Waals surface area (Å²) in [7, 11) is 0. The van der Waals surface area contributed by atoms with Crippen molar-refractivity contribution >= 4 is 10.8 Å². The second kappa shape index (κ2) is 8.04. The van der Waals surface area contributed by atoms with Crippen LogP contribution in [-0.2, 0) is 6.42 Å². The van der Waals surface area contributed by atoms with Gasteiger partial charge >= 0.3 is 0 Å². The number of nitrogens with zero attached hydrogens (tertiary/aromatic N) is 1. The van der Waals surface area contributed by atoms with Crippen LogP contribution in [0.4, 0.5) is 13.2 Å². The van der Waals surface area contributed by atoms with Crippen molar-refractivity contribution in [2.45, 2.75) is 19.8 Å². The largest absolute Gasteiger partial charge is 0.206 e. The van der Waals surface area contributed by atoms with Crippen molar-refractivity contribution in [3.05, 3.63) is 95.3 Å². The summed E-state index contributed by atoms with van der Waals surface area (Å²) in [5.74, 6) is -2.00. The van der Waals surface area contributed by atoms with E-state index < -0.39 is 17.5 Å². The number of hydrogen-bond donors (Lipinski definition) is 0. The number of nitriles is 1. The predicted molar refractivity (Wildman–Crippen MR) is 113 cm³/mol. The molecule has 0 spiro atoms. The lowest BCUT2D eigenvalue weighted by Gasteiger charge is -2.11. The summed E-state index contributed by atoms with van der Waals surface area (Å²) in [6, 6.07) is 19.5. The highest BCUT2D eigenvalue weighted by atomic mass is 19.1. The van der Waals surface area contributed by atoms with Gasteiger partial charge in [0.15, 0.2) is 0 Å². The standard InChI is InChI=1S/C26H18F3N/c1-2-3-16-4-6-17(7-5-16)21-13-23(27)25(24(28)14-21)19-10-11-22-18(12-19)8-9-20(15-30)26(22)29/h4-14H,2-3H2,1H3. The molecule has 0 radical (unpaired) electrons. The van der Waals surface area contributed by atoms with Gasteiger partial charge < -0.3 is 0 Å². The second-order valence-corrected chi connectivity index (χ2v) is 7.24. The van der Waals surface area contributed by atoms with Gasteiger partial charge in [0.25, 0.3) is 0 Å². The van der Waals surface area contributed by atoms with Crippen molar-refractivity contribution < 1.29 is 13.2 Å². The first-order chi connectivity index (χ1) is 14.5. The number of halogens is 3. The van der Waals surface area contributed by atoms with Crippen molar-refractivity contribution in [3.63, 3.8) is 0 Å². The molecule has 0 amide bonds. The Hall–Kier alpha value is -3.58. The van der Waals surface area contributed by atoms with Gasteiger partial charge in [0.05, 0.1) is 11.1 Å². The maximum Gasteiger partial charge on any atom is 0.148 e. The molecule has 4 heteroatoms. The average molecular weight is 401 g/mol. The number of aryl methyl sites for hydroxylation is 1. The maximum absolute atomic E-state index is 14.9. The van der Waals surface area contributed by atoms with Crippen LogP contribution in [0, 0.1) is 28.8 Å². The molecule has 4 rings (SSSR count). The van der Waals surface area contributed by atoms with Crippen LogP contribution in [-0.4, -0.2) is 0 Å². The molecule has 0 aliphatic rings. The maximum atomic E-state index is 14.9. The van der Waals surface area contributed by atoms with Crippen LogP contribution in [0.5, 0.6) is 0 Å². The Bertz CT molecular complexity index is 1260. The Morgan fingerprint density at radius 3 is 2.07 bits per heavy atom. The molecule has 0 heterocycles. The van der Waals surface area contributed by atoms with Crippen molar-refractivity contribution in [2.75, 3.05) is 0 Å². The summed E-state index contributed by atoms with van der Waals surface area (Å²) < 4.78 is 44.2. The Morgan fingerprint density at radius 1 is 0.767 bits per heavy atom. The van der Waals surface area contributed by atoms with E-state index in [1.54, 1.807) is 12.1 Å². The summed E-state index contributed by atoms with van der Waals surface area (Å²) in [6.07, 6.45) is 1.99. The van der Waals surface area contributed by atoms with Crippen molar-refractivity contribution in [1.29, 1.82) is 5.26 Å². The minimum absolute atomic E-state index is 0.0677. The monoisotopic (exact) mass is 401 g/mol. The molecule has 148 valence electrons. The van der Waals surface area contributed by atoms with Crippen LogP contribution >= 0.6 is 0 Å². The van der Waals surface area contributed by atoms with Gasteiger partial charge in [-0.25, -0.2) is 13.2 Å².